The SMILES string of the molecule is NC(=S)S.S=C(S)NCCNC(=S)S. The van der Waals surface area contributed by atoms with Crippen LogP contribution in [0.2, 0.25) is 0 Å². The van der Waals surface area contributed by atoms with Gasteiger partial charge in [-0.3, -0.25) is 0 Å². The molecule has 0 bridgehead atoms. The summed E-state index contributed by atoms with van der Waals surface area (Å²) in [5, 5.41) is 5.68. The second kappa shape index (κ2) is 11.8. The van der Waals surface area contributed by atoms with Crippen molar-refractivity contribution in [3.63, 3.8) is 0 Å². The molecule has 0 rings (SSSR count). The second-order valence-corrected chi connectivity index (χ2v) is 5.34. The van der Waals surface area contributed by atoms with Gasteiger partial charge in [-0.05, 0) is 0 Å². The molecule has 0 saturated heterocycles. The zero-order chi connectivity index (χ0) is 11.6. The van der Waals surface area contributed by atoms with Crippen LogP contribution in [0.3, 0.4) is 0 Å². The number of hydrogen-bond acceptors (Lipinski definition) is 3. The lowest BCUT2D eigenvalue weighted by atomic mass is 10.6. The summed E-state index contributed by atoms with van der Waals surface area (Å²) in [7, 11) is 0. The highest BCUT2D eigenvalue weighted by Crippen LogP contribution is 1.77. The van der Waals surface area contributed by atoms with Gasteiger partial charge in [-0.25, -0.2) is 0 Å². The van der Waals surface area contributed by atoms with Crippen LogP contribution in [0.15, 0.2) is 0 Å². The second-order valence-electron chi connectivity index (χ2n) is 1.80. The molecular weight excluding hydrogens is 294 g/mol. The number of nitrogens with two attached hydrogens (primary N) is 1. The van der Waals surface area contributed by atoms with E-state index in [0.29, 0.717) is 21.7 Å². The van der Waals surface area contributed by atoms with E-state index in [0.717, 1.165) is 0 Å². The van der Waals surface area contributed by atoms with Gasteiger partial charge in [-0.1, -0.05) is 36.7 Å². The first-order valence-corrected chi connectivity index (χ1v) is 5.85. The van der Waals surface area contributed by atoms with Gasteiger partial charge >= 0.3 is 0 Å². The van der Waals surface area contributed by atoms with Crippen molar-refractivity contribution in [1.82, 2.24) is 10.6 Å². The van der Waals surface area contributed by atoms with Gasteiger partial charge in [0.2, 0.25) is 0 Å². The highest BCUT2D eigenvalue weighted by Gasteiger charge is 1.87. The number of thiocarbonyl (C=S) groups is 3. The summed E-state index contributed by atoms with van der Waals surface area (Å²) in [5.74, 6) is 0. The normalized spacial score (nSPS) is 7.93. The molecule has 0 radical (unpaired) electrons. The largest absolute Gasteiger partial charge is 0.385 e. The summed E-state index contributed by atoms with van der Waals surface area (Å²) < 4.78 is 1.18. The summed E-state index contributed by atoms with van der Waals surface area (Å²) in [4.78, 5) is 0. The fourth-order valence-electron chi connectivity index (χ4n) is 0.339. The lowest BCUT2D eigenvalue weighted by molar-refractivity contribution is 0.834. The van der Waals surface area contributed by atoms with Crippen molar-refractivity contribution >= 4 is 87.5 Å². The standard InChI is InChI=1S/C4H8N2S4.CH3NS2/c7-3(8)5-1-2-6-4(9)10;2-1(3)4/h1-2H2,(H2,5,7,8)(H2,6,9,10);(H3,2,3,4). The first-order valence-electron chi connectivity index (χ1n) is 3.28. The lowest BCUT2D eigenvalue weighted by Crippen LogP contribution is -2.29. The summed E-state index contributed by atoms with van der Waals surface area (Å²) in [6.07, 6.45) is 0. The molecule has 0 aliphatic rings. The Morgan fingerprint density at radius 2 is 1.14 bits per heavy atom. The molecule has 82 valence electrons. The molecular formula is C5H11N3S6. The molecule has 14 heavy (non-hydrogen) atoms. The summed E-state index contributed by atoms with van der Waals surface area (Å²) in [6.45, 7) is 1.42. The molecule has 0 saturated carbocycles. The maximum atomic E-state index is 4.71. The minimum atomic E-state index is 0.194. The van der Waals surface area contributed by atoms with E-state index in [1.165, 1.54) is 0 Å². The van der Waals surface area contributed by atoms with Crippen LogP contribution in [-0.2, 0) is 0 Å². The number of rotatable bonds is 3. The van der Waals surface area contributed by atoms with Crippen LogP contribution in [-0.4, -0.2) is 26.1 Å². The van der Waals surface area contributed by atoms with Gasteiger partial charge < -0.3 is 16.4 Å². The Balaban J connectivity index is 0. The number of thiol groups is 3. The molecule has 0 aliphatic carbocycles. The molecule has 0 spiro atoms. The van der Waals surface area contributed by atoms with Crippen LogP contribution in [0.5, 0.6) is 0 Å². The van der Waals surface area contributed by atoms with Crippen molar-refractivity contribution in [2.24, 2.45) is 5.73 Å². The highest BCUT2D eigenvalue weighted by atomic mass is 32.1. The van der Waals surface area contributed by atoms with Crippen molar-refractivity contribution in [3.8, 4) is 0 Å². The van der Waals surface area contributed by atoms with E-state index in [1.807, 2.05) is 0 Å². The van der Waals surface area contributed by atoms with Crippen molar-refractivity contribution in [3.05, 3.63) is 0 Å². The monoisotopic (exact) mass is 305 g/mol. The molecule has 9 heteroatoms. The van der Waals surface area contributed by atoms with E-state index in [1.54, 1.807) is 0 Å². The van der Waals surface area contributed by atoms with Crippen LogP contribution < -0.4 is 16.4 Å². The quantitative estimate of drug-likeness (QED) is 0.263. The predicted molar refractivity (Wildman–Crippen MR) is 84.9 cm³/mol. The molecule has 0 heterocycles. The molecule has 4 N–H and O–H groups in total. The topological polar surface area (TPSA) is 50.1 Å². The van der Waals surface area contributed by atoms with Crippen LogP contribution in [0.25, 0.3) is 0 Å². The molecule has 0 aromatic heterocycles. The number of nitrogens with one attached hydrogen (secondary N) is 2. The smallest absolute Gasteiger partial charge is 0.130 e. The first kappa shape index (κ1) is 17.1. The molecule has 0 atom stereocenters. The maximum Gasteiger partial charge on any atom is 0.130 e. The Bertz CT molecular complexity index is 186. The van der Waals surface area contributed by atoms with Crippen LogP contribution >= 0.6 is 74.5 Å². The first-order chi connectivity index (χ1) is 6.36. The molecule has 0 aliphatic heterocycles. The lowest BCUT2D eigenvalue weighted by Gasteiger charge is -2.03. The average molecular weight is 306 g/mol. The maximum absolute atomic E-state index is 4.71. The van der Waals surface area contributed by atoms with Crippen LogP contribution in [0.4, 0.5) is 0 Å². The zero-order valence-corrected chi connectivity index (χ0v) is 12.2. The predicted octanol–water partition coefficient (Wildman–Crippen LogP) is 0.755. The Morgan fingerprint density at radius 3 is 1.29 bits per heavy atom. The molecule has 3 nitrogen and oxygen atoms in total. The minimum Gasteiger partial charge on any atom is -0.385 e. The van der Waals surface area contributed by atoms with Crippen LogP contribution in [0, 0.1) is 0 Å². The van der Waals surface area contributed by atoms with Gasteiger partial charge in [0.25, 0.3) is 0 Å². The third-order valence-electron chi connectivity index (χ3n) is 0.677. The van der Waals surface area contributed by atoms with Gasteiger partial charge in [-0.15, -0.1) is 37.9 Å². The fraction of sp³-hybridized carbons (Fsp3) is 0.400. The van der Waals surface area contributed by atoms with Gasteiger partial charge in [0.05, 0.1) is 0 Å². The molecule has 0 unspecified atom stereocenters. The van der Waals surface area contributed by atoms with Crippen molar-refractivity contribution < 1.29 is 0 Å². The van der Waals surface area contributed by atoms with E-state index in [-0.39, 0.29) is 4.32 Å². The van der Waals surface area contributed by atoms with Crippen LogP contribution in [0.1, 0.15) is 0 Å². The zero-order valence-electron chi connectivity index (χ0n) is 7.06. The van der Waals surface area contributed by atoms with Crippen molar-refractivity contribution in [2.75, 3.05) is 13.1 Å². The van der Waals surface area contributed by atoms with E-state index >= 15 is 0 Å². The summed E-state index contributed by atoms with van der Waals surface area (Å²) in [6, 6.07) is 0. The average Bonchev–Trinajstić information content (AvgIpc) is 1.96. The third kappa shape index (κ3) is 29.3. The Morgan fingerprint density at radius 1 is 0.929 bits per heavy atom. The Labute approximate surface area is 116 Å². The Kier molecular flexibility index (Phi) is 14.4. The molecule has 0 amide bonds. The molecule has 0 aromatic carbocycles. The summed E-state index contributed by atoms with van der Waals surface area (Å²) >= 11 is 24.7. The van der Waals surface area contributed by atoms with Crippen molar-refractivity contribution in [2.45, 2.75) is 0 Å². The fourth-order valence-corrected chi connectivity index (χ4v) is 0.767. The number of hydrogen-bond donors (Lipinski definition) is 6. The highest BCUT2D eigenvalue weighted by molar-refractivity contribution is 8.11. The van der Waals surface area contributed by atoms with Gasteiger partial charge in [0, 0.05) is 13.1 Å². The van der Waals surface area contributed by atoms with Gasteiger partial charge in [-0.2, -0.15) is 0 Å². The minimum absolute atomic E-state index is 0.194. The summed E-state index contributed by atoms with van der Waals surface area (Å²) in [5.41, 5.74) is 4.71. The van der Waals surface area contributed by atoms with Gasteiger partial charge in [0.1, 0.15) is 13.0 Å². The third-order valence-corrected chi connectivity index (χ3v) is 1.28. The Hall–Kier alpha value is 0.720. The van der Waals surface area contributed by atoms with E-state index in [9.17, 15) is 0 Å². The van der Waals surface area contributed by atoms with E-state index in [4.69, 9.17) is 5.73 Å². The van der Waals surface area contributed by atoms with Crippen molar-refractivity contribution in [1.29, 1.82) is 0 Å². The van der Waals surface area contributed by atoms with E-state index in [2.05, 4.69) is 85.2 Å². The van der Waals surface area contributed by atoms with E-state index < -0.39 is 0 Å². The van der Waals surface area contributed by atoms with Gasteiger partial charge in [0.15, 0.2) is 0 Å². The molecule has 0 fully saturated rings. The molecule has 0 aromatic rings.